The number of hydrogen-bond acceptors (Lipinski definition) is 2. The summed E-state index contributed by atoms with van der Waals surface area (Å²) in [5.74, 6) is 0. The smallest absolute Gasteiger partial charge is 0.0275 e. The van der Waals surface area contributed by atoms with Gasteiger partial charge in [0.25, 0.3) is 0 Å². The molecule has 0 rings (SSSR count). The molecule has 0 aromatic heterocycles. The lowest BCUT2D eigenvalue weighted by Gasteiger charge is -2.37. The molecule has 0 aromatic rings. The van der Waals surface area contributed by atoms with Crippen LogP contribution in [0.2, 0.25) is 0 Å². The third-order valence-corrected chi connectivity index (χ3v) is 3.63. The fourth-order valence-corrected chi connectivity index (χ4v) is 2.20. The van der Waals surface area contributed by atoms with Gasteiger partial charge >= 0.3 is 0 Å². The summed E-state index contributed by atoms with van der Waals surface area (Å²) in [4.78, 5) is 2.56. The fraction of sp³-hybridized carbons (Fsp3) is 1.00. The van der Waals surface area contributed by atoms with Crippen molar-refractivity contribution >= 4 is 0 Å². The third-order valence-electron chi connectivity index (χ3n) is 3.63. The number of rotatable bonds is 11. The minimum atomic E-state index is 0.166. The maximum atomic E-state index is 5.87. The van der Waals surface area contributed by atoms with Crippen molar-refractivity contribution in [2.45, 2.75) is 78.2 Å². The highest BCUT2D eigenvalue weighted by Crippen LogP contribution is 2.15. The molecule has 2 N–H and O–H groups in total. The molecule has 0 amide bonds. The van der Waals surface area contributed by atoms with E-state index in [2.05, 4.69) is 32.6 Å². The summed E-state index contributed by atoms with van der Waals surface area (Å²) >= 11 is 0. The normalized spacial score (nSPS) is 12.4. The van der Waals surface area contributed by atoms with Gasteiger partial charge in [-0.3, -0.25) is 4.90 Å². The maximum Gasteiger partial charge on any atom is 0.0275 e. The fourth-order valence-electron chi connectivity index (χ4n) is 2.20. The summed E-state index contributed by atoms with van der Waals surface area (Å²) in [6.45, 7) is 12.2. The second-order valence-corrected chi connectivity index (χ2v) is 5.77. The van der Waals surface area contributed by atoms with E-state index in [0.717, 1.165) is 6.54 Å². The Morgan fingerprint density at radius 1 is 0.824 bits per heavy atom. The van der Waals surface area contributed by atoms with Gasteiger partial charge in [0, 0.05) is 12.1 Å². The second kappa shape index (κ2) is 9.90. The molecule has 0 aliphatic rings. The SMILES string of the molecule is CCCCCCCCN(CCC)C(C)(C)CN. The van der Waals surface area contributed by atoms with Crippen LogP contribution in [0.4, 0.5) is 0 Å². The van der Waals surface area contributed by atoms with Gasteiger partial charge in [-0.25, -0.2) is 0 Å². The molecule has 0 atom stereocenters. The van der Waals surface area contributed by atoms with Crippen molar-refractivity contribution in [3.05, 3.63) is 0 Å². The molecule has 2 heteroatoms. The highest BCUT2D eigenvalue weighted by atomic mass is 15.2. The summed E-state index contributed by atoms with van der Waals surface area (Å²) in [6, 6.07) is 0. The highest BCUT2D eigenvalue weighted by molar-refractivity contribution is 4.82. The first-order valence-corrected chi connectivity index (χ1v) is 7.53. The molecule has 0 heterocycles. The van der Waals surface area contributed by atoms with Gasteiger partial charge in [0.15, 0.2) is 0 Å². The van der Waals surface area contributed by atoms with Gasteiger partial charge in [0.05, 0.1) is 0 Å². The summed E-state index contributed by atoms with van der Waals surface area (Å²) in [5, 5.41) is 0. The Labute approximate surface area is 109 Å². The van der Waals surface area contributed by atoms with Crippen molar-refractivity contribution in [3.63, 3.8) is 0 Å². The standard InChI is InChI=1S/C15H34N2/c1-5-7-8-9-10-11-13-17(12-6-2)15(3,4)14-16/h5-14,16H2,1-4H3. The molecule has 104 valence electrons. The van der Waals surface area contributed by atoms with Gasteiger partial charge in [0.2, 0.25) is 0 Å². The van der Waals surface area contributed by atoms with Crippen molar-refractivity contribution in [2.24, 2.45) is 5.73 Å². The van der Waals surface area contributed by atoms with Crippen molar-refractivity contribution < 1.29 is 0 Å². The van der Waals surface area contributed by atoms with E-state index < -0.39 is 0 Å². The Bertz CT molecular complexity index is 166. The van der Waals surface area contributed by atoms with Crippen LogP contribution in [0.5, 0.6) is 0 Å². The van der Waals surface area contributed by atoms with Crippen molar-refractivity contribution in [2.75, 3.05) is 19.6 Å². The zero-order valence-electron chi connectivity index (χ0n) is 12.6. The van der Waals surface area contributed by atoms with Gasteiger partial charge in [-0.15, -0.1) is 0 Å². The van der Waals surface area contributed by atoms with Crippen LogP contribution in [0.1, 0.15) is 72.6 Å². The van der Waals surface area contributed by atoms with Crippen LogP contribution in [0.15, 0.2) is 0 Å². The predicted octanol–water partition coefficient (Wildman–Crippen LogP) is 3.80. The Balaban J connectivity index is 3.78. The van der Waals surface area contributed by atoms with E-state index in [1.165, 1.54) is 58.0 Å². The van der Waals surface area contributed by atoms with E-state index >= 15 is 0 Å². The number of nitrogens with two attached hydrogens (primary N) is 1. The Morgan fingerprint density at radius 3 is 1.94 bits per heavy atom. The average molecular weight is 242 g/mol. The molecule has 0 aromatic carbocycles. The topological polar surface area (TPSA) is 29.3 Å². The number of hydrogen-bond donors (Lipinski definition) is 1. The Kier molecular flexibility index (Phi) is 9.85. The first-order chi connectivity index (χ1) is 8.08. The quantitative estimate of drug-likeness (QED) is 0.558. The lowest BCUT2D eigenvalue weighted by molar-refractivity contribution is 0.124. The second-order valence-electron chi connectivity index (χ2n) is 5.77. The Hall–Kier alpha value is -0.0800. The zero-order valence-corrected chi connectivity index (χ0v) is 12.6. The van der Waals surface area contributed by atoms with Gasteiger partial charge in [-0.1, -0.05) is 46.0 Å². The van der Waals surface area contributed by atoms with E-state index in [4.69, 9.17) is 5.73 Å². The van der Waals surface area contributed by atoms with Gasteiger partial charge < -0.3 is 5.73 Å². The van der Waals surface area contributed by atoms with Crippen LogP contribution in [-0.4, -0.2) is 30.1 Å². The third kappa shape index (κ3) is 7.77. The van der Waals surface area contributed by atoms with Crippen LogP contribution in [0, 0.1) is 0 Å². The van der Waals surface area contributed by atoms with Crippen LogP contribution >= 0.6 is 0 Å². The zero-order chi connectivity index (χ0) is 13.1. The molecule has 0 saturated heterocycles. The van der Waals surface area contributed by atoms with Crippen molar-refractivity contribution in [3.8, 4) is 0 Å². The molecular weight excluding hydrogens is 208 g/mol. The lowest BCUT2D eigenvalue weighted by Crippen LogP contribution is -2.50. The molecule has 0 aliphatic heterocycles. The molecule has 0 aliphatic carbocycles. The predicted molar refractivity (Wildman–Crippen MR) is 78.4 cm³/mol. The van der Waals surface area contributed by atoms with Gasteiger partial charge in [-0.05, 0) is 39.8 Å². The summed E-state index contributed by atoms with van der Waals surface area (Å²) in [7, 11) is 0. The molecule has 17 heavy (non-hydrogen) atoms. The molecule has 0 saturated carbocycles. The van der Waals surface area contributed by atoms with Crippen molar-refractivity contribution in [1.29, 1.82) is 0 Å². The van der Waals surface area contributed by atoms with Gasteiger partial charge in [-0.2, -0.15) is 0 Å². The lowest BCUT2D eigenvalue weighted by atomic mass is 10.0. The van der Waals surface area contributed by atoms with Crippen LogP contribution < -0.4 is 5.73 Å². The molecule has 0 unspecified atom stereocenters. The minimum Gasteiger partial charge on any atom is -0.329 e. The summed E-state index contributed by atoms with van der Waals surface area (Å²) in [6.07, 6.45) is 9.46. The molecule has 0 radical (unpaired) electrons. The van der Waals surface area contributed by atoms with E-state index in [9.17, 15) is 0 Å². The first-order valence-electron chi connectivity index (χ1n) is 7.53. The van der Waals surface area contributed by atoms with E-state index in [-0.39, 0.29) is 5.54 Å². The Morgan fingerprint density at radius 2 is 1.41 bits per heavy atom. The molecule has 0 bridgehead atoms. The molecule has 0 fully saturated rings. The highest BCUT2D eigenvalue weighted by Gasteiger charge is 2.23. The maximum absolute atomic E-state index is 5.87. The van der Waals surface area contributed by atoms with Crippen molar-refractivity contribution in [1.82, 2.24) is 4.90 Å². The monoisotopic (exact) mass is 242 g/mol. The van der Waals surface area contributed by atoms with Crippen LogP contribution in [0.3, 0.4) is 0 Å². The van der Waals surface area contributed by atoms with Crippen LogP contribution in [-0.2, 0) is 0 Å². The van der Waals surface area contributed by atoms with Crippen LogP contribution in [0.25, 0.3) is 0 Å². The van der Waals surface area contributed by atoms with E-state index in [0.29, 0.717) is 0 Å². The van der Waals surface area contributed by atoms with E-state index in [1.807, 2.05) is 0 Å². The molecular formula is C15H34N2. The molecule has 0 spiro atoms. The van der Waals surface area contributed by atoms with E-state index in [1.54, 1.807) is 0 Å². The minimum absolute atomic E-state index is 0.166. The van der Waals surface area contributed by atoms with Gasteiger partial charge in [0.1, 0.15) is 0 Å². The summed E-state index contributed by atoms with van der Waals surface area (Å²) < 4.78 is 0. The summed E-state index contributed by atoms with van der Waals surface area (Å²) in [5.41, 5.74) is 6.03. The average Bonchev–Trinajstić information content (AvgIpc) is 2.32. The number of nitrogens with zero attached hydrogens (tertiary/aromatic N) is 1. The number of unbranched alkanes of at least 4 members (excludes halogenated alkanes) is 5. The molecule has 2 nitrogen and oxygen atoms in total. The largest absolute Gasteiger partial charge is 0.329 e. The first kappa shape index (κ1) is 16.9.